The molecule has 0 radical (unpaired) electrons. The molecular weight excluding hydrogens is 481 g/mol. The molecule has 0 spiro atoms. The summed E-state index contributed by atoms with van der Waals surface area (Å²) in [5.41, 5.74) is 1.20. The number of carbonyl (C=O) groups excluding carboxylic acids is 4. The highest BCUT2D eigenvalue weighted by molar-refractivity contribution is 6.39. The van der Waals surface area contributed by atoms with Crippen LogP contribution < -0.4 is 15.5 Å². The number of nitrogens with one attached hydrogen (secondary N) is 2. The molecule has 9 nitrogen and oxygen atoms in total. The molecule has 188 valence electrons. The summed E-state index contributed by atoms with van der Waals surface area (Å²) >= 11 is 0. The quantitative estimate of drug-likeness (QED) is 0.229. The Morgan fingerprint density at radius 1 is 1.00 bits per heavy atom. The number of carbonyl (C=O) groups is 4. The van der Waals surface area contributed by atoms with Gasteiger partial charge in [0, 0.05) is 23.1 Å². The molecule has 4 rings (SSSR count). The lowest BCUT2D eigenvalue weighted by molar-refractivity contribution is -0.137. The van der Waals surface area contributed by atoms with Gasteiger partial charge in [-0.2, -0.15) is 0 Å². The molecule has 2 heterocycles. The first-order chi connectivity index (χ1) is 17.8. The van der Waals surface area contributed by atoms with E-state index in [9.17, 15) is 23.6 Å². The molecule has 0 fully saturated rings. The Labute approximate surface area is 211 Å². The van der Waals surface area contributed by atoms with Crippen molar-refractivity contribution in [3.8, 4) is 0 Å². The SMILES string of the molecule is COC(=O)C1=C(C)N(c2ccc(F)cc2)C(=Cc2ccc(CNC(=O)C(=O)Nc3ccccc3)o2)C1=O. The fourth-order valence-electron chi connectivity index (χ4n) is 3.74. The Morgan fingerprint density at radius 2 is 1.70 bits per heavy atom. The number of halogens is 1. The van der Waals surface area contributed by atoms with Gasteiger partial charge in [-0.1, -0.05) is 18.2 Å². The van der Waals surface area contributed by atoms with Crippen molar-refractivity contribution >= 4 is 41.0 Å². The molecule has 2 N–H and O–H groups in total. The number of benzene rings is 2. The molecule has 3 aromatic rings. The second-order valence-electron chi connectivity index (χ2n) is 7.93. The van der Waals surface area contributed by atoms with Crippen molar-refractivity contribution in [2.45, 2.75) is 13.5 Å². The minimum atomic E-state index is -0.851. The van der Waals surface area contributed by atoms with Crippen LogP contribution in [0.25, 0.3) is 6.08 Å². The maximum Gasteiger partial charge on any atom is 0.343 e. The number of para-hydroxylation sites is 1. The van der Waals surface area contributed by atoms with E-state index in [1.54, 1.807) is 49.4 Å². The van der Waals surface area contributed by atoms with Gasteiger partial charge in [0.05, 0.1) is 19.4 Å². The highest BCUT2D eigenvalue weighted by Crippen LogP contribution is 2.35. The van der Waals surface area contributed by atoms with Crippen molar-refractivity contribution in [1.29, 1.82) is 0 Å². The van der Waals surface area contributed by atoms with Gasteiger partial charge in [-0.25, -0.2) is 9.18 Å². The summed E-state index contributed by atoms with van der Waals surface area (Å²) < 4.78 is 24.0. The number of anilines is 2. The third-order valence-electron chi connectivity index (χ3n) is 5.49. The van der Waals surface area contributed by atoms with Crippen LogP contribution in [0.4, 0.5) is 15.8 Å². The fraction of sp³-hybridized carbons (Fsp3) is 0.111. The predicted molar refractivity (Wildman–Crippen MR) is 132 cm³/mol. The van der Waals surface area contributed by atoms with E-state index in [1.165, 1.54) is 42.4 Å². The van der Waals surface area contributed by atoms with Crippen LogP contribution in [0.15, 0.2) is 88.1 Å². The second kappa shape index (κ2) is 10.7. The normalized spacial score (nSPS) is 14.2. The van der Waals surface area contributed by atoms with Gasteiger partial charge >= 0.3 is 17.8 Å². The van der Waals surface area contributed by atoms with E-state index in [0.717, 1.165) is 0 Å². The zero-order valence-electron chi connectivity index (χ0n) is 19.9. The van der Waals surface area contributed by atoms with Crippen molar-refractivity contribution in [3.63, 3.8) is 0 Å². The summed E-state index contributed by atoms with van der Waals surface area (Å²) in [4.78, 5) is 51.1. The molecule has 0 aliphatic carbocycles. The third-order valence-corrected chi connectivity index (χ3v) is 5.49. The number of rotatable bonds is 6. The molecule has 0 bridgehead atoms. The molecule has 2 amide bonds. The smallest absolute Gasteiger partial charge is 0.343 e. The first-order valence-electron chi connectivity index (χ1n) is 11.1. The summed E-state index contributed by atoms with van der Waals surface area (Å²) in [6, 6.07) is 17.1. The highest BCUT2D eigenvalue weighted by Gasteiger charge is 2.38. The van der Waals surface area contributed by atoms with E-state index in [1.807, 2.05) is 0 Å². The van der Waals surface area contributed by atoms with Gasteiger partial charge in [-0.05, 0) is 55.5 Å². The van der Waals surface area contributed by atoms with Gasteiger partial charge < -0.3 is 24.7 Å². The van der Waals surface area contributed by atoms with Crippen molar-refractivity contribution in [1.82, 2.24) is 5.32 Å². The largest absolute Gasteiger partial charge is 0.465 e. The first kappa shape index (κ1) is 25.1. The molecule has 2 aromatic carbocycles. The lowest BCUT2D eigenvalue weighted by Gasteiger charge is -2.21. The lowest BCUT2D eigenvalue weighted by Crippen LogP contribution is -2.34. The second-order valence-corrected chi connectivity index (χ2v) is 7.93. The van der Waals surface area contributed by atoms with Gasteiger partial charge in [0.2, 0.25) is 5.78 Å². The number of amides is 2. The number of ketones is 1. The maximum atomic E-state index is 13.5. The van der Waals surface area contributed by atoms with Gasteiger partial charge in [-0.15, -0.1) is 0 Å². The molecule has 1 aromatic heterocycles. The molecule has 0 unspecified atom stereocenters. The Morgan fingerprint density at radius 3 is 2.38 bits per heavy atom. The van der Waals surface area contributed by atoms with Crippen LogP contribution in [0.5, 0.6) is 0 Å². The van der Waals surface area contributed by atoms with Crippen LogP contribution in [-0.2, 0) is 30.5 Å². The highest BCUT2D eigenvalue weighted by atomic mass is 19.1. The van der Waals surface area contributed by atoms with E-state index >= 15 is 0 Å². The molecule has 10 heteroatoms. The van der Waals surface area contributed by atoms with Gasteiger partial charge in [0.25, 0.3) is 0 Å². The van der Waals surface area contributed by atoms with E-state index < -0.39 is 29.4 Å². The number of Topliss-reactive ketones (excluding diaryl/α,β-unsaturated/α-hetero) is 1. The van der Waals surface area contributed by atoms with Crippen LogP contribution in [0.1, 0.15) is 18.4 Å². The average Bonchev–Trinajstić information content (AvgIpc) is 3.45. The zero-order chi connectivity index (χ0) is 26.5. The number of furan rings is 1. The molecule has 37 heavy (non-hydrogen) atoms. The minimum absolute atomic E-state index is 0.0788. The molecular formula is C27H22FN3O6. The topological polar surface area (TPSA) is 118 Å². The van der Waals surface area contributed by atoms with Crippen molar-refractivity contribution in [2.24, 2.45) is 0 Å². The summed E-state index contributed by atoms with van der Waals surface area (Å²) in [5, 5.41) is 4.95. The average molecular weight is 503 g/mol. The predicted octanol–water partition coefficient (Wildman–Crippen LogP) is 3.55. The zero-order valence-corrected chi connectivity index (χ0v) is 19.9. The Hall–Kier alpha value is -4.99. The monoisotopic (exact) mass is 503 g/mol. The Balaban J connectivity index is 1.51. The summed E-state index contributed by atoms with van der Waals surface area (Å²) in [5.74, 6) is -2.94. The number of allylic oxidation sites excluding steroid dienone is 2. The molecule has 0 saturated carbocycles. The van der Waals surface area contributed by atoms with Crippen LogP contribution in [-0.4, -0.2) is 30.7 Å². The van der Waals surface area contributed by atoms with Gasteiger partial charge in [0.15, 0.2) is 0 Å². The van der Waals surface area contributed by atoms with Crippen LogP contribution >= 0.6 is 0 Å². The van der Waals surface area contributed by atoms with E-state index in [2.05, 4.69) is 10.6 Å². The minimum Gasteiger partial charge on any atom is -0.465 e. The van der Waals surface area contributed by atoms with Crippen LogP contribution in [0.3, 0.4) is 0 Å². The number of hydrogen-bond donors (Lipinski definition) is 2. The third kappa shape index (κ3) is 5.48. The standard InChI is InChI=1S/C27H22FN3O6/c1-16-23(27(35)36-2)24(32)22(31(16)19-10-8-17(28)9-11-19)14-20-12-13-21(37-20)15-29-25(33)26(34)30-18-6-4-3-5-7-18/h3-14H,15H2,1-2H3,(H,29,33)(H,30,34). The lowest BCUT2D eigenvalue weighted by atomic mass is 10.1. The number of nitrogens with zero attached hydrogens (tertiary/aromatic N) is 1. The number of hydrogen-bond acceptors (Lipinski definition) is 7. The number of methoxy groups -OCH3 is 1. The van der Waals surface area contributed by atoms with Crippen LogP contribution in [0.2, 0.25) is 0 Å². The van der Waals surface area contributed by atoms with E-state index in [-0.39, 0.29) is 23.6 Å². The van der Waals surface area contributed by atoms with E-state index in [4.69, 9.17) is 9.15 Å². The fourth-order valence-corrected chi connectivity index (χ4v) is 3.74. The first-order valence-corrected chi connectivity index (χ1v) is 11.1. The van der Waals surface area contributed by atoms with Crippen molar-refractivity contribution < 1.29 is 32.7 Å². The summed E-state index contributed by atoms with van der Waals surface area (Å²) in [7, 11) is 1.17. The van der Waals surface area contributed by atoms with E-state index in [0.29, 0.717) is 22.8 Å². The Bertz CT molecular complexity index is 1420. The number of ether oxygens (including phenoxy) is 1. The van der Waals surface area contributed by atoms with Gasteiger partial charge in [0.1, 0.15) is 22.9 Å². The maximum absolute atomic E-state index is 13.5. The summed E-state index contributed by atoms with van der Waals surface area (Å²) in [6.45, 7) is 1.50. The van der Waals surface area contributed by atoms with Crippen molar-refractivity contribution in [3.05, 3.63) is 101 Å². The molecule has 1 aliphatic rings. The molecule has 1 aliphatic heterocycles. The molecule has 0 saturated heterocycles. The van der Waals surface area contributed by atoms with Crippen LogP contribution in [0, 0.1) is 5.82 Å². The Kier molecular flexibility index (Phi) is 7.28. The number of esters is 1. The van der Waals surface area contributed by atoms with Gasteiger partial charge in [-0.3, -0.25) is 14.4 Å². The summed E-state index contributed by atoms with van der Waals surface area (Å²) in [6.07, 6.45) is 1.43. The van der Waals surface area contributed by atoms with Crippen molar-refractivity contribution in [2.75, 3.05) is 17.3 Å². The molecule has 0 atom stereocenters.